The monoisotopic (exact) mass is 687 g/mol. The molecule has 1 fully saturated rings. The molecule has 1 aliphatic heterocycles. The van der Waals surface area contributed by atoms with Crippen molar-refractivity contribution in [1.82, 2.24) is 4.57 Å². The maximum atomic E-state index is 6.53. The summed E-state index contributed by atoms with van der Waals surface area (Å²) in [5.41, 5.74) is 12.3. The number of aromatic nitrogens is 1. The maximum absolute atomic E-state index is 6.53. The van der Waals surface area contributed by atoms with Crippen LogP contribution in [0.1, 0.15) is 27.7 Å². The van der Waals surface area contributed by atoms with Crippen molar-refractivity contribution in [2.45, 2.75) is 38.9 Å². The topological polar surface area (TPSA) is 36.5 Å². The molecule has 7 aromatic carbocycles. The van der Waals surface area contributed by atoms with Crippen LogP contribution in [-0.2, 0) is 9.31 Å². The molecule has 0 unspecified atom stereocenters. The van der Waals surface area contributed by atoms with Gasteiger partial charge in [-0.2, -0.15) is 0 Å². The van der Waals surface area contributed by atoms with Gasteiger partial charge in [-0.05, 0) is 121 Å². The molecule has 4 nitrogen and oxygen atoms in total. The lowest BCUT2D eigenvalue weighted by atomic mass is 9.76. The number of furan rings is 1. The first-order valence-electron chi connectivity index (χ1n) is 18.3. The Labute approximate surface area is 309 Å². The molecule has 3 heterocycles. The van der Waals surface area contributed by atoms with Crippen molar-refractivity contribution in [2.75, 3.05) is 0 Å². The Morgan fingerprint density at radius 1 is 0.434 bits per heavy atom. The molecule has 0 radical (unpaired) electrons. The highest BCUT2D eigenvalue weighted by Crippen LogP contribution is 2.41. The highest BCUT2D eigenvalue weighted by atomic mass is 16.7. The van der Waals surface area contributed by atoms with Gasteiger partial charge in [0.25, 0.3) is 0 Å². The molecule has 0 bridgehead atoms. The normalized spacial score (nSPS) is 15.3. The van der Waals surface area contributed by atoms with Gasteiger partial charge < -0.3 is 18.3 Å². The van der Waals surface area contributed by atoms with Crippen molar-refractivity contribution >= 4 is 56.3 Å². The summed E-state index contributed by atoms with van der Waals surface area (Å²) in [6.45, 7) is 8.37. The Balaban J connectivity index is 1.15. The maximum Gasteiger partial charge on any atom is 0.495 e. The number of nitrogens with zero attached hydrogens (tertiary/aromatic N) is 1. The van der Waals surface area contributed by atoms with Crippen LogP contribution >= 0.6 is 0 Å². The van der Waals surface area contributed by atoms with E-state index in [4.69, 9.17) is 13.7 Å². The van der Waals surface area contributed by atoms with Crippen molar-refractivity contribution in [2.24, 2.45) is 0 Å². The number of fused-ring (bicyclic) bond motifs is 6. The molecule has 256 valence electrons. The molecule has 0 aliphatic carbocycles. The van der Waals surface area contributed by atoms with Gasteiger partial charge in [-0.25, -0.2) is 0 Å². The second kappa shape index (κ2) is 11.8. The van der Waals surface area contributed by atoms with E-state index in [2.05, 4.69) is 178 Å². The summed E-state index contributed by atoms with van der Waals surface area (Å²) in [5, 5.41) is 4.50. The minimum absolute atomic E-state index is 0.442. The van der Waals surface area contributed by atoms with Crippen LogP contribution in [-0.4, -0.2) is 22.9 Å². The molecule has 53 heavy (non-hydrogen) atoms. The molecule has 0 saturated carbocycles. The lowest BCUT2D eigenvalue weighted by Gasteiger charge is -2.32. The molecular formula is C48H38BNO3. The first-order chi connectivity index (χ1) is 25.7. The first kappa shape index (κ1) is 31.8. The second-order valence-electron chi connectivity index (χ2n) is 15.2. The molecule has 0 amide bonds. The van der Waals surface area contributed by atoms with E-state index in [-0.39, 0.29) is 0 Å². The summed E-state index contributed by atoms with van der Waals surface area (Å²) in [7, 11) is -0.491. The molecule has 9 aromatic rings. The Morgan fingerprint density at radius 3 is 1.57 bits per heavy atom. The fraction of sp³-hybridized carbons (Fsp3) is 0.125. The number of hydrogen-bond donors (Lipinski definition) is 0. The van der Waals surface area contributed by atoms with E-state index in [1.165, 1.54) is 38.5 Å². The lowest BCUT2D eigenvalue weighted by molar-refractivity contribution is 0.00578. The average molecular weight is 688 g/mol. The van der Waals surface area contributed by atoms with Crippen LogP contribution in [0.3, 0.4) is 0 Å². The first-order valence-corrected chi connectivity index (χ1v) is 18.3. The summed E-state index contributed by atoms with van der Waals surface area (Å²) in [6.07, 6.45) is 0. The molecule has 1 aliphatic rings. The van der Waals surface area contributed by atoms with Crippen molar-refractivity contribution in [3.63, 3.8) is 0 Å². The van der Waals surface area contributed by atoms with Gasteiger partial charge in [0.15, 0.2) is 0 Å². The molecule has 0 N–H and O–H groups in total. The number of rotatable bonds is 5. The third-order valence-corrected chi connectivity index (χ3v) is 11.5. The van der Waals surface area contributed by atoms with Crippen molar-refractivity contribution in [3.05, 3.63) is 158 Å². The second-order valence-corrected chi connectivity index (χ2v) is 15.2. The van der Waals surface area contributed by atoms with Gasteiger partial charge in [-0.15, -0.1) is 0 Å². The predicted octanol–water partition coefficient (Wildman–Crippen LogP) is 12.0. The van der Waals surface area contributed by atoms with Crippen LogP contribution in [0, 0.1) is 0 Å². The third-order valence-electron chi connectivity index (χ3n) is 11.5. The Morgan fingerprint density at radius 2 is 0.943 bits per heavy atom. The summed E-state index contributed by atoms with van der Waals surface area (Å²) in [4.78, 5) is 0. The minimum atomic E-state index is -0.491. The number of benzene rings is 7. The van der Waals surface area contributed by atoms with E-state index in [9.17, 15) is 0 Å². The van der Waals surface area contributed by atoms with Gasteiger partial charge in [0.1, 0.15) is 11.2 Å². The van der Waals surface area contributed by atoms with Gasteiger partial charge in [-0.1, -0.05) is 103 Å². The van der Waals surface area contributed by atoms with E-state index in [0.29, 0.717) is 0 Å². The quantitative estimate of drug-likeness (QED) is 0.169. The van der Waals surface area contributed by atoms with Crippen molar-refractivity contribution < 1.29 is 13.7 Å². The third kappa shape index (κ3) is 5.14. The van der Waals surface area contributed by atoms with Crippen molar-refractivity contribution in [3.8, 4) is 39.1 Å². The number of hydrogen-bond acceptors (Lipinski definition) is 3. The van der Waals surface area contributed by atoms with Gasteiger partial charge in [0, 0.05) is 27.2 Å². The Hall–Kier alpha value is -5.88. The van der Waals surface area contributed by atoms with Gasteiger partial charge >= 0.3 is 7.12 Å². The van der Waals surface area contributed by atoms with Gasteiger partial charge in [0.05, 0.1) is 22.2 Å². The van der Waals surface area contributed by atoms with Crippen molar-refractivity contribution in [1.29, 1.82) is 0 Å². The van der Waals surface area contributed by atoms with Crippen LogP contribution in [0.4, 0.5) is 0 Å². The van der Waals surface area contributed by atoms with E-state index in [1.54, 1.807) is 0 Å². The van der Waals surface area contributed by atoms with Gasteiger partial charge in [-0.3, -0.25) is 0 Å². The largest absolute Gasteiger partial charge is 0.495 e. The molecule has 0 atom stereocenters. The molecule has 2 aromatic heterocycles. The van der Waals surface area contributed by atoms with Crippen LogP contribution < -0.4 is 5.46 Å². The molecule has 10 rings (SSSR count). The van der Waals surface area contributed by atoms with E-state index in [1.807, 2.05) is 12.1 Å². The fourth-order valence-electron chi connectivity index (χ4n) is 7.95. The minimum Gasteiger partial charge on any atom is -0.456 e. The van der Waals surface area contributed by atoms with Crippen LogP contribution in [0.15, 0.2) is 162 Å². The summed E-state index contributed by atoms with van der Waals surface area (Å²) in [5.74, 6) is 0. The lowest BCUT2D eigenvalue weighted by Crippen LogP contribution is -2.41. The zero-order valence-electron chi connectivity index (χ0n) is 30.3. The summed E-state index contributed by atoms with van der Waals surface area (Å²) < 4.78 is 21.9. The Kier molecular flexibility index (Phi) is 7.10. The van der Waals surface area contributed by atoms with E-state index >= 15 is 0 Å². The Bertz CT molecular complexity index is 2830. The van der Waals surface area contributed by atoms with E-state index < -0.39 is 18.3 Å². The molecule has 1 saturated heterocycles. The average Bonchev–Trinajstić information content (AvgIpc) is 3.80. The van der Waals surface area contributed by atoms with E-state index in [0.717, 1.165) is 49.7 Å². The smallest absolute Gasteiger partial charge is 0.456 e. The zero-order valence-corrected chi connectivity index (χ0v) is 30.3. The van der Waals surface area contributed by atoms with Gasteiger partial charge in [0.2, 0.25) is 0 Å². The van der Waals surface area contributed by atoms with Crippen LogP contribution in [0.5, 0.6) is 0 Å². The fourth-order valence-corrected chi connectivity index (χ4v) is 7.95. The summed E-state index contributed by atoms with van der Waals surface area (Å²) >= 11 is 0. The van der Waals surface area contributed by atoms with Crippen LogP contribution in [0.25, 0.3) is 82.8 Å². The summed E-state index contributed by atoms with van der Waals surface area (Å²) in [6, 6.07) is 56.5. The molecule has 0 spiro atoms. The highest BCUT2D eigenvalue weighted by molar-refractivity contribution is 6.66. The molecule has 5 heteroatoms. The van der Waals surface area contributed by atoms with Crippen LogP contribution in [0.2, 0.25) is 0 Å². The molecular weight excluding hydrogens is 649 g/mol. The SMILES string of the molecule is CC1(C)OB(c2cccc3oc4ccc(-c5ccc6c(c5)c5cc(-c7ccccc7)ccc5n6-c5cccc(-c6ccccc6)c5)cc4c23)OC1(C)C. The highest BCUT2D eigenvalue weighted by Gasteiger charge is 2.52. The standard InChI is InChI=1S/C48H38BNO3/c1-47(2)48(3,4)53-49(52-47)41-19-12-20-45-46(41)40-30-36(23-26-44(40)51-45)35-22-25-43-39(29-35)38-28-34(32-15-9-6-10-16-32)21-24-42(38)50(43)37-18-11-17-33(27-37)31-13-7-5-8-14-31/h5-30H,1-4H3. The predicted molar refractivity (Wildman–Crippen MR) is 220 cm³/mol. The zero-order chi connectivity index (χ0) is 35.9.